The lowest BCUT2D eigenvalue weighted by atomic mass is 11.0. The first-order valence-corrected chi connectivity index (χ1v) is 2.36. The molecule has 0 aliphatic heterocycles. The van der Waals surface area contributed by atoms with Crippen LogP contribution in [0.25, 0.3) is 0 Å². The average Bonchev–Trinajstić information content (AvgIpc) is 1.97. The lowest BCUT2D eigenvalue weighted by Gasteiger charge is -2.11. The summed E-state index contributed by atoms with van der Waals surface area (Å²) in [6.45, 7) is 0. The van der Waals surface area contributed by atoms with Crippen molar-refractivity contribution in [2.75, 3.05) is 0 Å². The van der Waals surface area contributed by atoms with E-state index in [1.807, 2.05) is 0 Å². The Morgan fingerprint density at radius 3 is 1.55 bits per heavy atom. The molecule has 11 heavy (non-hydrogen) atoms. The average molecular weight is 172 g/mol. The van der Waals surface area contributed by atoms with E-state index in [1.165, 1.54) is 0 Å². The summed E-state index contributed by atoms with van der Waals surface area (Å²) in [5.74, 6) is 0. The summed E-state index contributed by atoms with van der Waals surface area (Å²) in [6.07, 6.45) is -4.41. The summed E-state index contributed by atoms with van der Waals surface area (Å²) < 4.78 is 52.7. The summed E-state index contributed by atoms with van der Waals surface area (Å²) in [4.78, 5) is 0. The normalized spacial score (nSPS) is 12.7. The fraction of sp³-hybridized carbons (Fsp3) is 0.200. The zero-order valence-electron chi connectivity index (χ0n) is 5.14. The highest BCUT2D eigenvalue weighted by Gasteiger charge is 2.32. The first-order valence-electron chi connectivity index (χ1n) is 2.36. The molecule has 0 rings (SSSR count). The zero-order valence-corrected chi connectivity index (χ0v) is 5.14. The van der Waals surface area contributed by atoms with Crippen LogP contribution in [0.1, 0.15) is 0 Å². The molecule has 0 aromatic heterocycles. The molecule has 0 N–H and O–H groups in total. The van der Waals surface area contributed by atoms with E-state index < -0.39 is 6.29 Å². The van der Waals surface area contributed by atoms with E-state index in [0.717, 1.165) is 0 Å². The molecule has 0 heterocycles. The van der Waals surface area contributed by atoms with Crippen molar-refractivity contribution >= 4 is 0 Å². The largest absolute Gasteiger partial charge is 0.585 e. The lowest BCUT2D eigenvalue weighted by molar-refractivity contribution is -0.350. The van der Waals surface area contributed by atoms with E-state index in [2.05, 4.69) is 9.47 Å². The van der Waals surface area contributed by atoms with Crippen LogP contribution >= 0.6 is 0 Å². The Labute approximate surface area is 59.7 Å². The van der Waals surface area contributed by atoms with Crippen LogP contribution in [0.15, 0.2) is 25.2 Å². The predicted octanol–water partition coefficient (Wildman–Crippen LogP) is 2.45. The molecule has 0 spiro atoms. The van der Waals surface area contributed by atoms with Gasteiger partial charge >= 0.3 is 6.29 Å². The predicted molar refractivity (Wildman–Crippen MR) is 27.6 cm³/mol. The monoisotopic (exact) mass is 172 g/mol. The molecule has 0 bridgehead atoms. The molecule has 0 aromatic carbocycles. The Morgan fingerprint density at radius 1 is 0.909 bits per heavy atom. The first kappa shape index (κ1) is 9.80. The Bertz CT molecular complexity index is 139. The van der Waals surface area contributed by atoms with Crippen molar-refractivity contribution in [1.82, 2.24) is 0 Å². The van der Waals surface area contributed by atoms with Crippen LogP contribution in [0.2, 0.25) is 0 Å². The minimum Gasteiger partial charge on any atom is -0.405 e. The molecule has 2 nitrogen and oxygen atoms in total. The third kappa shape index (κ3) is 5.25. The van der Waals surface area contributed by atoms with E-state index in [0.29, 0.717) is 0 Å². The number of ether oxygens (including phenoxy) is 2. The maximum absolute atomic E-state index is 11.9. The minimum atomic E-state index is -4.05. The van der Waals surface area contributed by atoms with Crippen molar-refractivity contribution in [3.63, 3.8) is 0 Å². The van der Waals surface area contributed by atoms with E-state index in [4.69, 9.17) is 0 Å². The molecule has 0 aromatic rings. The van der Waals surface area contributed by atoms with Crippen LogP contribution in [-0.4, -0.2) is 6.29 Å². The van der Waals surface area contributed by atoms with Gasteiger partial charge in [0.05, 0.1) is 0 Å². The van der Waals surface area contributed by atoms with Crippen LogP contribution in [0.4, 0.5) is 17.6 Å². The van der Waals surface area contributed by atoms with Crippen molar-refractivity contribution in [3.05, 3.63) is 25.2 Å². The van der Waals surface area contributed by atoms with Gasteiger partial charge in [-0.15, -0.1) is 8.78 Å². The number of rotatable bonds is 4. The molecule has 0 saturated heterocycles. The van der Waals surface area contributed by atoms with Gasteiger partial charge in [-0.3, -0.25) is 0 Å². The molecule has 0 saturated carbocycles. The van der Waals surface area contributed by atoms with Gasteiger partial charge in [0.1, 0.15) is 25.2 Å². The highest BCUT2D eigenvalue weighted by Crippen LogP contribution is 2.17. The fourth-order valence-corrected chi connectivity index (χ4v) is 0.238. The number of hydrogen-bond donors (Lipinski definition) is 0. The molecule has 0 unspecified atom stereocenters. The van der Waals surface area contributed by atoms with Gasteiger partial charge in [-0.05, 0) is 0 Å². The summed E-state index contributed by atoms with van der Waals surface area (Å²) in [5, 5.41) is 0. The maximum atomic E-state index is 11.9. The fourth-order valence-electron chi connectivity index (χ4n) is 0.238. The van der Waals surface area contributed by atoms with Gasteiger partial charge in [-0.1, -0.05) is 0 Å². The molecule has 0 radical (unpaired) electrons. The Morgan fingerprint density at radius 2 is 1.27 bits per heavy atom. The number of halogens is 4. The smallest absolute Gasteiger partial charge is 0.405 e. The van der Waals surface area contributed by atoms with Crippen LogP contribution in [-0.2, 0) is 9.47 Å². The van der Waals surface area contributed by atoms with Crippen LogP contribution < -0.4 is 0 Å². The minimum absolute atomic E-state index is 0.0755. The van der Waals surface area contributed by atoms with E-state index in [1.54, 1.807) is 0 Å². The zero-order chi connectivity index (χ0) is 8.74. The summed E-state index contributed by atoms with van der Waals surface area (Å²) in [6, 6.07) is 0. The second-order valence-corrected chi connectivity index (χ2v) is 1.22. The first-order chi connectivity index (χ1) is 5.12. The van der Waals surface area contributed by atoms with Crippen LogP contribution in [0.5, 0.6) is 0 Å². The van der Waals surface area contributed by atoms with E-state index >= 15 is 0 Å². The summed E-state index contributed by atoms with van der Waals surface area (Å²) in [7, 11) is 0. The van der Waals surface area contributed by atoms with Gasteiger partial charge in [0.25, 0.3) is 0 Å². The summed E-state index contributed by atoms with van der Waals surface area (Å²) >= 11 is 0. The molecule has 64 valence electrons. The quantitative estimate of drug-likeness (QED) is 0.368. The molecule has 0 fully saturated rings. The van der Waals surface area contributed by atoms with Crippen molar-refractivity contribution in [2.45, 2.75) is 6.29 Å². The van der Waals surface area contributed by atoms with Crippen molar-refractivity contribution in [1.29, 1.82) is 0 Å². The molecular formula is C5H4F4O2. The SMILES string of the molecule is FC=COC(F)(F)OC=CF. The molecule has 0 aliphatic rings. The maximum Gasteiger partial charge on any atom is 0.585 e. The highest BCUT2D eigenvalue weighted by atomic mass is 19.3. The molecular weight excluding hydrogens is 168 g/mol. The summed E-state index contributed by atoms with van der Waals surface area (Å²) in [5.41, 5.74) is 0. The second-order valence-electron chi connectivity index (χ2n) is 1.22. The number of hydrogen-bond acceptors (Lipinski definition) is 2. The molecule has 0 atom stereocenters. The second kappa shape index (κ2) is 4.59. The van der Waals surface area contributed by atoms with Gasteiger partial charge < -0.3 is 9.47 Å². The molecule has 0 amide bonds. The Hall–Kier alpha value is -1.20. The van der Waals surface area contributed by atoms with Crippen molar-refractivity contribution in [3.8, 4) is 0 Å². The van der Waals surface area contributed by atoms with Crippen molar-refractivity contribution in [2.24, 2.45) is 0 Å². The molecule has 6 heteroatoms. The topological polar surface area (TPSA) is 18.5 Å². The standard InChI is InChI=1S/C5H4F4O2/c6-1-3-10-5(8,9)11-4-2-7/h1-4H. The number of alkyl halides is 2. The van der Waals surface area contributed by atoms with Gasteiger partial charge in [0.2, 0.25) is 0 Å². The lowest BCUT2D eigenvalue weighted by Crippen LogP contribution is -2.19. The van der Waals surface area contributed by atoms with Gasteiger partial charge in [0, 0.05) is 0 Å². The third-order valence-electron chi connectivity index (χ3n) is 0.513. The van der Waals surface area contributed by atoms with Crippen LogP contribution in [0.3, 0.4) is 0 Å². The third-order valence-corrected chi connectivity index (χ3v) is 0.513. The Kier molecular flexibility index (Phi) is 4.09. The van der Waals surface area contributed by atoms with Gasteiger partial charge in [-0.25, -0.2) is 8.78 Å². The van der Waals surface area contributed by atoms with E-state index in [9.17, 15) is 17.6 Å². The Balaban J connectivity index is 3.78. The van der Waals surface area contributed by atoms with Gasteiger partial charge in [0.15, 0.2) is 0 Å². The van der Waals surface area contributed by atoms with E-state index in [-0.39, 0.29) is 25.2 Å². The highest BCUT2D eigenvalue weighted by molar-refractivity contribution is 4.62. The molecule has 0 aliphatic carbocycles. The van der Waals surface area contributed by atoms with Crippen molar-refractivity contribution < 1.29 is 27.0 Å². The van der Waals surface area contributed by atoms with Crippen LogP contribution in [0, 0.1) is 0 Å². The van der Waals surface area contributed by atoms with Gasteiger partial charge in [-0.2, -0.15) is 0 Å².